The zero-order valence-electron chi connectivity index (χ0n) is 13.4. The number of aryl methyl sites for hydroxylation is 2. The molecule has 2 rings (SSSR count). The van der Waals surface area contributed by atoms with Gasteiger partial charge in [0.15, 0.2) is 0 Å². The van der Waals surface area contributed by atoms with Gasteiger partial charge in [-0.3, -0.25) is 4.68 Å². The standard InChI is InChI=1S/C17H23N3O2/c1-4-9-20-13(3)16(12(2)19-20)11-18-10-14-5-7-15(8-6-14)17(21)22/h5-8,18H,4,9-11H2,1-3H3,(H,21,22). The van der Waals surface area contributed by atoms with Crippen LogP contribution in [0.3, 0.4) is 0 Å². The number of carbonyl (C=O) groups is 1. The third kappa shape index (κ3) is 3.74. The molecule has 0 saturated heterocycles. The Morgan fingerprint density at radius 1 is 1.23 bits per heavy atom. The molecular formula is C17H23N3O2. The minimum absolute atomic E-state index is 0.316. The molecule has 118 valence electrons. The second-order valence-electron chi connectivity index (χ2n) is 5.48. The van der Waals surface area contributed by atoms with Gasteiger partial charge in [-0.2, -0.15) is 5.10 Å². The molecule has 0 unspecified atom stereocenters. The van der Waals surface area contributed by atoms with E-state index in [1.165, 1.54) is 11.3 Å². The summed E-state index contributed by atoms with van der Waals surface area (Å²) in [7, 11) is 0. The predicted octanol–water partition coefficient (Wildman–Crippen LogP) is 2.90. The van der Waals surface area contributed by atoms with Crippen molar-refractivity contribution in [2.24, 2.45) is 0 Å². The Labute approximate surface area is 131 Å². The van der Waals surface area contributed by atoms with E-state index in [0.717, 1.165) is 30.8 Å². The molecule has 0 spiro atoms. The molecule has 22 heavy (non-hydrogen) atoms. The number of nitrogens with one attached hydrogen (secondary N) is 1. The lowest BCUT2D eigenvalue weighted by atomic mass is 10.1. The normalized spacial score (nSPS) is 10.9. The Kier molecular flexibility index (Phi) is 5.33. The number of carboxylic acid groups (broad SMARTS) is 1. The molecule has 0 aliphatic rings. The molecule has 0 amide bonds. The number of aromatic nitrogens is 2. The van der Waals surface area contributed by atoms with Gasteiger partial charge < -0.3 is 10.4 Å². The Hall–Kier alpha value is -2.14. The van der Waals surface area contributed by atoms with Crippen LogP contribution in [-0.4, -0.2) is 20.9 Å². The van der Waals surface area contributed by atoms with Gasteiger partial charge in [0.1, 0.15) is 0 Å². The van der Waals surface area contributed by atoms with Crippen molar-refractivity contribution in [2.45, 2.75) is 46.8 Å². The minimum Gasteiger partial charge on any atom is -0.478 e. The molecule has 0 atom stereocenters. The lowest BCUT2D eigenvalue weighted by molar-refractivity contribution is 0.0697. The van der Waals surface area contributed by atoms with Crippen LogP contribution in [0.1, 0.15) is 46.2 Å². The summed E-state index contributed by atoms with van der Waals surface area (Å²) in [6.07, 6.45) is 1.07. The molecule has 2 aromatic rings. The highest BCUT2D eigenvalue weighted by atomic mass is 16.4. The first-order chi connectivity index (χ1) is 10.5. The second kappa shape index (κ2) is 7.22. The van der Waals surface area contributed by atoms with Crippen molar-refractivity contribution < 1.29 is 9.90 Å². The van der Waals surface area contributed by atoms with Crippen molar-refractivity contribution in [2.75, 3.05) is 0 Å². The van der Waals surface area contributed by atoms with Crippen LogP contribution in [0.5, 0.6) is 0 Å². The first-order valence-electron chi connectivity index (χ1n) is 7.58. The summed E-state index contributed by atoms with van der Waals surface area (Å²) in [5.74, 6) is -0.894. The van der Waals surface area contributed by atoms with E-state index in [4.69, 9.17) is 5.11 Å². The topological polar surface area (TPSA) is 67.2 Å². The Bertz CT molecular complexity index is 645. The van der Waals surface area contributed by atoms with E-state index in [9.17, 15) is 4.79 Å². The summed E-state index contributed by atoms with van der Waals surface area (Å²) in [5, 5.41) is 16.9. The summed E-state index contributed by atoms with van der Waals surface area (Å²) in [6.45, 7) is 8.71. The van der Waals surface area contributed by atoms with E-state index in [1.54, 1.807) is 12.1 Å². The first-order valence-corrected chi connectivity index (χ1v) is 7.58. The molecule has 0 aliphatic carbocycles. The fourth-order valence-electron chi connectivity index (χ4n) is 2.52. The van der Waals surface area contributed by atoms with Crippen molar-refractivity contribution in [1.82, 2.24) is 15.1 Å². The van der Waals surface area contributed by atoms with Crippen LogP contribution in [0.15, 0.2) is 24.3 Å². The minimum atomic E-state index is -0.894. The van der Waals surface area contributed by atoms with E-state index in [2.05, 4.69) is 28.9 Å². The fourth-order valence-corrected chi connectivity index (χ4v) is 2.52. The third-order valence-corrected chi connectivity index (χ3v) is 3.80. The molecule has 0 bridgehead atoms. The second-order valence-corrected chi connectivity index (χ2v) is 5.48. The van der Waals surface area contributed by atoms with Crippen molar-refractivity contribution in [3.05, 3.63) is 52.3 Å². The maximum Gasteiger partial charge on any atom is 0.335 e. The number of carboxylic acids is 1. The van der Waals surface area contributed by atoms with Crippen molar-refractivity contribution in [1.29, 1.82) is 0 Å². The number of benzene rings is 1. The van der Waals surface area contributed by atoms with Gasteiger partial charge in [-0.1, -0.05) is 19.1 Å². The van der Waals surface area contributed by atoms with Gasteiger partial charge in [-0.15, -0.1) is 0 Å². The summed E-state index contributed by atoms with van der Waals surface area (Å²) >= 11 is 0. The van der Waals surface area contributed by atoms with Gasteiger partial charge in [-0.25, -0.2) is 4.79 Å². The number of nitrogens with zero attached hydrogens (tertiary/aromatic N) is 2. The number of aromatic carboxylic acids is 1. The van der Waals surface area contributed by atoms with Crippen molar-refractivity contribution >= 4 is 5.97 Å². The molecule has 0 aliphatic heterocycles. The average Bonchev–Trinajstić information content (AvgIpc) is 2.75. The SMILES string of the molecule is CCCn1nc(C)c(CNCc2ccc(C(=O)O)cc2)c1C. The maximum atomic E-state index is 10.8. The lowest BCUT2D eigenvalue weighted by Crippen LogP contribution is -2.14. The zero-order valence-corrected chi connectivity index (χ0v) is 13.4. The molecule has 1 aromatic heterocycles. The molecule has 5 heteroatoms. The van der Waals surface area contributed by atoms with Crippen LogP contribution in [0.25, 0.3) is 0 Å². The van der Waals surface area contributed by atoms with Gasteiger partial charge in [0, 0.05) is 30.9 Å². The molecule has 0 fully saturated rings. The van der Waals surface area contributed by atoms with E-state index in [1.807, 2.05) is 19.1 Å². The average molecular weight is 301 g/mol. The van der Waals surface area contributed by atoms with Crippen LogP contribution >= 0.6 is 0 Å². The highest BCUT2D eigenvalue weighted by molar-refractivity contribution is 5.87. The molecular weight excluding hydrogens is 278 g/mol. The number of hydrogen-bond acceptors (Lipinski definition) is 3. The van der Waals surface area contributed by atoms with E-state index < -0.39 is 5.97 Å². The monoisotopic (exact) mass is 301 g/mol. The fraction of sp³-hybridized carbons (Fsp3) is 0.412. The quantitative estimate of drug-likeness (QED) is 0.825. The summed E-state index contributed by atoms with van der Waals surface area (Å²) in [4.78, 5) is 10.8. The molecule has 0 saturated carbocycles. The van der Waals surface area contributed by atoms with Gasteiger partial charge in [0.25, 0.3) is 0 Å². The zero-order chi connectivity index (χ0) is 16.1. The highest BCUT2D eigenvalue weighted by Crippen LogP contribution is 2.13. The van der Waals surface area contributed by atoms with Crippen LogP contribution in [0.2, 0.25) is 0 Å². The first kappa shape index (κ1) is 16.2. The third-order valence-electron chi connectivity index (χ3n) is 3.80. The summed E-state index contributed by atoms with van der Waals surface area (Å²) < 4.78 is 2.06. The molecule has 5 nitrogen and oxygen atoms in total. The number of hydrogen-bond donors (Lipinski definition) is 2. The van der Waals surface area contributed by atoms with Gasteiger partial charge in [-0.05, 0) is 38.0 Å². The Balaban J connectivity index is 1.95. The Morgan fingerprint density at radius 2 is 1.91 bits per heavy atom. The molecule has 0 radical (unpaired) electrons. The molecule has 2 N–H and O–H groups in total. The van der Waals surface area contributed by atoms with Crippen molar-refractivity contribution in [3.63, 3.8) is 0 Å². The van der Waals surface area contributed by atoms with Gasteiger partial charge in [0.2, 0.25) is 0 Å². The number of rotatable bonds is 7. The predicted molar refractivity (Wildman–Crippen MR) is 85.9 cm³/mol. The van der Waals surface area contributed by atoms with Crippen LogP contribution < -0.4 is 5.32 Å². The molecule has 1 heterocycles. The highest BCUT2D eigenvalue weighted by Gasteiger charge is 2.10. The van der Waals surface area contributed by atoms with Crippen LogP contribution in [0.4, 0.5) is 0 Å². The van der Waals surface area contributed by atoms with Gasteiger partial charge in [0.05, 0.1) is 11.3 Å². The van der Waals surface area contributed by atoms with E-state index in [-0.39, 0.29) is 0 Å². The smallest absolute Gasteiger partial charge is 0.335 e. The van der Waals surface area contributed by atoms with E-state index in [0.29, 0.717) is 12.1 Å². The Morgan fingerprint density at radius 3 is 2.50 bits per heavy atom. The van der Waals surface area contributed by atoms with Crippen LogP contribution in [-0.2, 0) is 19.6 Å². The van der Waals surface area contributed by atoms with Gasteiger partial charge >= 0.3 is 5.97 Å². The summed E-state index contributed by atoms with van der Waals surface area (Å²) in [5.41, 5.74) is 4.92. The lowest BCUT2D eigenvalue weighted by Gasteiger charge is -2.07. The van der Waals surface area contributed by atoms with E-state index >= 15 is 0 Å². The molecule has 1 aromatic carbocycles. The largest absolute Gasteiger partial charge is 0.478 e. The maximum absolute atomic E-state index is 10.8. The van der Waals surface area contributed by atoms with Crippen molar-refractivity contribution in [3.8, 4) is 0 Å². The van der Waals surface area contributed by atoms with Crippen LogP contribution in [0, 0.1) is 13.8 Å². The summed E-state index contributed by atoms with van der Waals surface area (Å²) in [6, 6.07) is 6.96.